The lowest BCUT2D eigenvalue weighted by atomic mass is 9.95. The predicted molar refractivity (Wildman–Crippen MR) is 52.4 cm³/mol. The molecule has 0 aromatic heterocycles. The van der Waals surface area contributed by atoms with E-state index in [-0.39, 0.29) is 13.2 Å². The molecule has 0 aliphatic carbocycles. The fourth-order valence-electron chi connectivity index (χ4n) is 1.72. The van der Waals surface area contributed by atoms with Gasteiger partial charge in [-0.2, -0.15) is 0 Å². The first-order chi connectivity index (χ1) is 6.45. The fourth-order valence-corrected chi connectivity index (χ4v) is 1.72. The Kier molecular flexibility index (Phi) is 5.54. The van der Waals surface area contributed by atoms with Crippen LogP contribution >= 0.6 is 0 Å². The van der Waals surface area contributed by atoms with E-state index in [4.69, 9.17) is 0 Å². The summed E-state index contributed by atoms with van der Waals surface area (Å²) < 4.78 is 0. The van der Waals surface area contributed by atoms with Crippen molar-refractivity contribution in [2.45, 2.75) is 45.2 Å². The summed E-state index contributed by atoms with van der Waals surface area (Å²) in [6.45, 7) is 4.14. The van der Waals surface area contributed by atoms with Gasteiger partial charge in [-0.3, -0.25) is 0 Å². The molecule has 5 nitrogen and oxygen atoms in total. The van der Waals surface area contributed by atoms with Gasteiger partial charge in [0.1, 0.15) is 12.5 Å². The van der Waals surface area contributed by atoms with Crippen LogP contribution in [-0.4, -0.2) is 56.5 Å². The Balaban J connectivity index is 4.90. The number of nitrogens with zero attached hydrogens (tertiary/aromatic N) is 1. The topological polar surface area (TPSA) is 84.2 Å². The van der Waals surface area contributed by atoms with E-state index in [9.17, 15) is 20.4 Å². The van der Waals surface area contributed by atoms with Gasteiger partial charge in [-0.1, -0.05) is 6.92 Å². The minimum absolute atomic E-state index is 0.310. The van der Waals surface area contributed by atoms with Gasteiger partial charge in [0.15, 0.2) is 0 Å². The minimum atomic E-state index is -0.970. The fraction of sp³-hybridized carbons (Fsp3) is 1.00. The van der Waals surface area contributed by atoms with Crippen molar-refractivity contribution < 1.29 is 20.4 Å². The van der Waals surface area contributed by atoms with Crippen molar-refractivity contribution in [1.82, 2.24) is 4.90 Å². The van der Waals surface area contributed by atoms with E-state index in [1.165, 1.54) is 18.7 Å². The van der Waals surface area contributed by atoms with E-state index in [0.717, 1.165) is 0 Å². The molecule has 0 radical (unpaired) electrons. The molecule has 2 atom stereocenters. The van der Waals surface area contributed by atoms with Crippen molar-refractivity contribution in [2.75, 3.05) is 13.2 Å². The van der Waals surface area contributed by atoms with E-state index in [1.54, 1.807) is 6.92 Å². The molecule has 0 aliphatic rings. The van der Waals surface area contributed by atoms with E-state index >= 15 is 0 Å². The lowest BCUT2D eigenvalue weighted by molar-refractivity contribution is -0.171. The Hall–Kier alpha value is -0.200. The molecule has 0 saturated carbocycles. The zero-order valence-electron chi connectivity index (χ0n) is 9.01. The summed E-state index contributed by atoms with van der Waals surface area (Å²) in [5.74, 6) is 0. The Morgan fingerprint density at radius 3 is 1.50 bits per heavy atom. The van der Waals surface area contributed by atoms with Gasteiger partial charge in [0.25, 0.3) is 0 Å². The molecule has 0 spiro atoms. The molecule has 0 rings (SSSR count). The van der Waals surface area contributed by atoms with Crippen LogP contribution in [0.2, 0.25) is 0 Å². The van der Waals surface area contributed by atoms with Crippen LogP contribution < -0.4 is 0 Å². The highest BCUT2D eigenvalue weighted by Gasteiger charge is 2.38. The van der Waals surface area contributed by atoms with Gasteiger partial charge in [-0.15, -0.1) is 0 Å². The maximum Gasteiger partial charge on any atom is 0.107 e. The van der Waals surface area contributed by atoms with Crippen molar-refractivity contribution in [3.05, 3.63) is 0 Å². The average Bonchev–Trinajstić information content (AvgIpc) is 2.12. The van der Waals surface area contributed by atoms with Gasteiger partial charge >= 0.3 is 0 Å². The summed E-state index contributed by atoms with van der Waals surface area (Å²) in [4.78, 5) is 1.30. The molecule has 5 heteroatoms. The Bertz CT molecular complexity index is 141. The highest BCUT2D eigenvalue weighted by Crippen LogP contribution is 2.23. The van der Waals surface area contributed by atoms with Gasteiger partial charge < -0.3 is 20.4 Å². The summed E-state index contributed by atoms with van der Waals surface area (Å²) in [5.41, 5.74) is -0.970. The van der Waals surface area contributed by atoms with Gasteiger partial charge in [0.05, 0.1) is 18.8 Å². The first-order valence-electron chi connectivity index (χ1n) is 4.81. The molecule has 0 heterocycles. The van der Waals surface area contributed by atoms with Gasteiger partial charge in [0, 0.05) is 0 Å². The SMILES string of the molecule is CCC(CO)(CO)N(C(C)O)C(C)O. The van der Waals surface area contributed by atoms with E-state index < -0.39 is 18.0 Å². The van der Waals surface area contributed by atoms with Crippen molar-refractivity contribution in [1.29, 1.82) is 0 Å². The van der Waals surface area contributed by atoms with Crippen LogP contribution in [0.4, 0.5) is 0 Å². The van der Waals surface area contributed by atoms with Gasteiger partial charge in [0.2, 0.25) is 0 Å². The molecule has 0 amide bonds. The average molecular weight is 207 g/mol. The normalized spacial score (nSPS) is 17.1. The zero-order valence-corrected chi connectivity index (χ0v) is 9.01. The number of aliphatic hydroxyl groups excluding tert-OH is 4. The summed E-state index contributed by atoms with van der Waals surface area (Å²) >= 11 is 0. The van der Waals surface area contributed by atoms with E-state index in [1.807, 2.05) is 0 Å². The minimum Gasteiger partial charge on any atom is -0.394 e. The van der Waals surface area contributed by atoms with E-state index in [2.05, 4.69) is 0 Å². The van der Waals surface area contributed by atoms with Crippen LogP contribution in [0.3, 0.4) is 0 Å². The third-order valence-corrected chi connectivity index (χ3v) is 2.60. The maximum atomic E-state index is 9.46. The Morgan fingerprint density at radius 2 is 1.43 bits per heavy atom. The second-order valence-corrected chi connectivity index (χ2v) is 3.57. The van der Waals surface area contributed by atoms with Crippen LogP contribution in [0.25, 0.3) is 0 Å². The largest absolute Gasteiger partial charge is 0.394 e. The van der Waals surface area contributed by atoms with Crippen molar-refractivity contribution in [2.24, 2.45) is 0 Å². The third kappa shape index (κ3) is 2.65. The quantitative estimate of drug-likeness (QED) is 0.424. The Labute approximate surface area is 84.6 Å². The highest BCUT2D eigenvalue weighted by atomic mass is 16.3. The van der Waals surface area contributed by atoms with Crippen LogP contribution in [0.1, 0.15) is 27.2 Å². The standard InChI is InChI=1S/C9H21NO4/c1-4-9(5-11,6-12)10(7(2)13)8(3)14/h7-8,11-14H,4-6H2,1-3H3. The molecule has 2 unspecified atom stereocenters. The summed E-state index contributed by atoms with van der Waals surface area (Å²) in [6.07, 6.45) is -1.40. The van der Waals surface area contributed by atoms with Crippen LogP contribution in [0.15, 0.2) is 0 Å². The van der Waals surface area contributed by atoms with Crippen LogP contribution in [-0.2, 0) is 0 Å². The first kappa shape index (κ1) is 13.8. The van der Waals surface area contributed by atoms with Gasteiger partial charge in [-0.05, 0) is 20.3 Å². The first-order valence-corrected chi connectivity index (χ1v) is 4.81. The smallest absolute Gasteiger partial charge is 0.107 e. The van der Waals surface area contributed by atoms with E-state index in [0.29, 0.717) is 6.42 Å². The molecule has 0 aromatic carbocycles. The summed E-state index contributed by atoms with van der Waals surface area (Å²) in [5, 5.41) is 37.4. The number of aliphatic hydroxyl groups is 4. The van der Waals surface area contributed by atoms with Crippen LogP contribution in [0, 0.1) is 0 Å². The molecule has 0 fully saturated rings. The zero-order chi connectivity index (χ0) is 11.4. The lowest BCUT2D eigenvalue weighted by Gasteiger charge is -2.44. The second kappa shape index (κ2) is 5.63. The molecule has 14 heavy (non-hydrogen) atoms. The van der Waals surface area contributed by atoms with Crippen LogP contribution in [0.5, 0.6) is 0 Å². The monoisotopic (exact) mass is 207 g/mol. The molecular weight excluding hydrogens is 186 g/mol. The molecule has 4 N–H and O–H groups in total. The number of hydrogen-bond acceptors (Lipinski definition) is 5. The maximum absolute atomic E-state index is 9.46. The molecule has 0 bridgehead atoms. The van der Waals surface area contributed by atoms with Crippen molar-refractivity contribution in [3.63, 3.8) is 0 Å². The van der Waals surface area contributed by atoms with Crippen molar-refractivity contribution in [3.8, 4) is 0 Å². The molecule has 0 aromatic rings. The lowest BCUT2D eigenvalue weighted by Crippen LogP contribution is -2.60. The molecule has 86 valence electrons. The summed E-state index contributed by atoms with van der Waals surface area (Å²) in [6, 6.07) is 0. The molecule has 0 saturated heterocycles. The third-order valence-electron chi connectivity index (χ3n) is 2.60. The number of hydrogen-bond donors (Lipinski definition) is 4. The van der Waals surface area contributed by atoms with Crippen molar-refractivity contribution >= 4 is 0 Å². The molecular formula is C9H21NO4. The second-order valence-electron chi connectivity index (χ2n) is 3.57. The predicted octanol–water partition coefficient (Wildman–Crippen LogP) is -0.902. The molecule has 0 aliphatic heterocycles. The van der Waals surface area contributed by atoms with Gasteiger partial charge in [-0.25, -0.2) is 4.90 Å². The highest BCUT2D eigenvalue weighted by molar-refractivity contribution is 4.89. The Morgan fingerprint density at radius 1 is 1.07 bits per heavy atom. The summed E-state index contributed by atoms with van der Waals surface area (Å²) in [7, 11) is 0. The number of rotatable bonds is 6.